The van der Waals surface area contributed by atoms with Gasteiger partial charge < -0.3 is 9.47 Å². The number of hydrogen-bond donors (Lipinski definition) is 0. The van der Waals surface area contributed by atoms with Crippen molar-refractivity contribution in [3.8, 4) is 5.75 Å². The van der Waals surface area contributed by atoms with Gasteiger partial charge in [0.25, 0.3) is 0 Å². The highest BCUT2D eigenvalue weighted by molar-refractivity contribution is 6.00. The molecule has 1 aromatic rings. The van der Waals surface area contributed by atoms with Crippen LogP contribution in [0.25, 0.3) is 0 Å². The number of carbonyl (C=O) groups excluding carboxylic acids is 1. The van der Waals surface area contributed by atoms with E-state index in [2.05, 4.69) is 0 Å². The van der Waals surface area contributed by atoms with E-state index in [1.165, 1.54) is 0 Å². The Hall–Kier alpha value is -1.35. The first-order valence-electron chi connectivity index (χ1n) is 5.78. The highest BCUT2D eigenvalue weighted by Gasteiger charge is 2.18. The van der Waals surface area contributed by atoms with Crippen molar-refractivity contribution >= 4 is 5.78 Å². The first kappa shape index (κ1) is 13.7. The summed E-state index contributed by atoms with van der Waals surface area (Å²) in [5.74, 6) is 0.713. The summed E-state index contributed by atoms with van der Waals surface area (Å²) in [6.45, 7) is 4.49. The number of Topliss-reactive ketones (excluding diaryl/α,β-unsaturated/α-hetero) is 1. The van der Waals surface area contributed by atoms with Crippen LogP contribution in [-0.2, 0) is 4.74 Å². The van der Waals surface area contributed by atoms with E-state index in [-0.39, 0.29) is 11.7 Å². The summed E-state index contributed by atoms with van der Waals surface area (Å²) in [7, 11) is 3.23. The van der Waals surface area contributed by atoms with Crippen molar-refractivity contribution in [2.45, 2.75) is 20.3 Å². The monoisotopic (exact) mass is 236 g/mol. The maximum atomic E-state index is 12.2. The van der Waals surface area contributed by atoms with E-state index in [4.69, 9.17) is 9.47 Å². The molecular formula is C14H20O3. The van der Waals surface area contributed by atoms with Crippen LogP contribution < -0.4 is 4.74 Å². The third kappa shape index (κ3) is 3.56. The van der Waals surface area contributed by atoms with Gasteiger partial charge in [0.05, 0.1) is 12.7 Å². The third-order valence-corrected chi connectivity index (χ3v) is 2.83. The van der Waals surface area contributed by atoms with Gasteiger partial charge in [0.1, 0.15) is 5.75 Å². The second-order valence-electron chi connectivity index (χ2n) is 4.25. The van der Waals surface area contributed by atoms with Gasteiger partial charge in [-0.25, -0.2) is 0 Å². The number of methoxy groups -OCH3 is 2. The summed E-state index contributed by atoms with van der Waals surface area (Å²) in [6, 6.07) is 5.65. The average Bonchev–Trinajstić information content (AvgIpc) is 2.34. The molecular weight excluding hydrogens is 216 g/mol. The number of hydrogen-bond acceptors (Lipinski definition) is 3. The summed E-state index contributed by atoms with van der Waals surface area (Å²) in [4.78, 5) is 12.2. The SMILES string of the molecule is COCCC(C)C(=O)c1ccc(C)cc1OC. The number of benzene rings is 1. The molecule has 0 amide bonds. The van der Waals surface area contributed by atoms with Crippen molar-refractivity contribution in [1.82, 2.24) is 0 Å². The number of carbonyl (C=O) groups is 1. The van der Waals surface area contributed by atoms with Crippen LogP contribution >= 0.6 is 0 Å². The lowest BCUT2D eigenvalue weighted by molar-refractivity contribution is 0.0890. The lowest BCUT2D eigenvalue weighted by Gasteiger charge is -2.13. The molecule has 0 aliphatic rings. The predicted octanol–water partition coefficient (Wildman–Crippen LogP) is 2.86. The smallest absolute Gasteiger partial charge is 0.169 e. The first-order valence-corrected chi connectivity index (χ1v) is 5.78. The lowest BCUT2D eigenvalue weighted by Crippen LogP contribution is -2.14. The summed E-state index contributed by atoms with van der Waals surface area (Å²) < 4.78 is 10.2. The minimum absolute atomic E-state index is 0.0495. The Balaban J connectivity index is 2.87. The Bertz CT molecular complexity index is 385. The van der Waals surface area contributed by atoms with Crippen LogP contribution in [0.4, 0.5) is 0 Å². The van der Waals surface area contributed by atoms with Gasteiger partial charge in [-0.3, -0.25) is 4.79 Å². The average molecular weight is 236 g/mol. The standard InChI is InChI=1S/C14H20O3/c1-10-5-6-12(13(9-10)17-4)14(15)11(2)7-8-16-3/h5-6,9,11H,7-8H2,1-4H3. The van der Waals surface area contributed by atoms with Gasteiger partial charge in [0.15, 0.2) is 5.78 Å². The molecule has 0 aromatic heterocycles. The van der Waals surface area contributed by atoms with E-state index in [1.54, 1.807) is 14.2 Å². The first-order chi connectivity index (χ1) is 8.10. The zero-order valence-electron chi connectivity index (χ0n) is 10.9. The van der Waals surface area contributed by atoms with E-state index in [0.717, 1.165) is 12.0 Å². The zero-order valence-corrected chi connectivity index (χ0v) is 10.9. The Labute approximate surface area is 103 Å². The molecule has 0 saturated carbocycles. The highest BCUT2D eigenvalue weighted by atomic mass is 16.5. The van der Waals surface area contributed by atoms with Crippen LogP contribution in [0.2, 0.25) is 0 Å². The maximum Gasteiger partial charge on any atom is 0.169 e. The molecule has 0 aliphatic heterocycles. The molecule has 1 atom stereocenters. The fourth-order valence-electron chi connectivity index (χ4n) is 1.69. The summed E-state index contributed by atoms with van der Waals surface area (Å²) >= 11 is 0. The molecule has 3 nitrogen and oxygen atoms in total. The molecule has 0 heterocycles. The van der Waals surface area contributed by atoms with E-state index in [1.807, 2.05) is 32.0 Å². The maximum absolute atomic E-state index is 12.2. The van der Waals surface area contributed by atoms with Crippen LogP contribution in [0.1, 0.15) is 29.3 Å². The van der Waals surface area contributed by atoms with Gasteiger partial charge in [0, 0.05) is 19.6 Å². The molecule has 0 spiro atoms. The van der Waals surface area contributed by atoms with Gasteiger partial charge in [0.2, 0.25) is 0 Å². The minimum Gasteiger partial charge on any atom is -0.496 e. The van der Waals surface area contributed by atoms with Crippen molar-refractivity contribution < 1.29 is 14.3 Å². The van der Waals surface area contributed by atoms with Crippen LogP contribution in [0.3, 0.4) is 0 Å². The van der Waals surface area contributed by atoms with Gasteiger partial charge in [-0.15, -0.1) is 0 Å². The molecule has 0 aliphatic carbocycles. The van der Waals surface area contributed by atoms with Crippen LogP contribution in [-0.4, -0.2) is 26.6 Å². The van der Waals surface area contributed by atoms with Gasteiger partial charge in [-0.1, -0.05) is 13.0 Å². The fraction of sp³-hybridized carbons (Fsp3) is 0.500. The molecule has 17 heavy (non-hydrogen) atoms. The van der Waals surface area contributed by atoms with E-state index < -0.39 is 0 Å². The Kier molecular flexibility index (Phi) is 5.16. The quantitative estimate of drug-likeness (QED) is 0.712. The van der Waals surface area contributed by atoms with Crippen molar-refractivity contribution in [1.29, 1.82) is 0 Å². The Morgan fingerprint density at radius 2 is 2.06 bits per heavy atom. The number of rotatable bonds is 6. The summed E-state index contributed by atoms with van der Waals surface area (Å²) in [5, 5.41) is 0. The number of ketones is 1. The highest BCUT2D eigenvalue weighted by Crippen LogP contribution is 2.23. The number of ether oxygens (including phenoxy) is 2. The largest absolute Gasteiger partial charge is 0.496 e. The zero-order chi connectivity index (χ0) is 12.8. The van der Waals surface area contributed by atoms with Crippen molar-refractivity contribution in [2.75, 3.05) is 20.8 Å². The molecule has 1 unspecified atom stereocenters. The van der Waals surface area contributed by atoms with Crippen molar-refractivity contribution in [3.05, 3.63) is 29.3 Å². The van der Waals surface area contributed by atoms with Crippen LogP contribution in [0, 0.1) is 12.8 Å². The molecule has 1 aromatic carbocycles. The molecule has 0 fully saturated rings. The van der Waals surface area contributed by atoms with Gasteiger partial charge >= 0.3 is 0 Å². The number of aryl methyl sites for hydroxylation is 1. The second-order valence-corrected chi connectivity index (χ2v) is 4.25. The van der Waals surface area contributed by atoms with Crippen molar-refractivity contribution in [3.63, 3.8) is 0 Å². The van der Waals surface area contributed by atoms with Crippen LogP contribution in [0.15, 0.2) is 18.2 Å². The molecule has 0 N–H and O–H groups in total. The van der Waals surface area contributed by atoms with E-state index >= 15 is 0 Å². The third-order valence-electron chi connectivity index (χ3n) is 2.83. The Morgan fingerprint density at radius 3 is 2.65 bits per heavy atom. The Morgan fingerprint density at radius 1 is 1.35 bits per heavy atom. The molecule has 0 saturated heterocycles. The molecule has 1 rings (SSSR count). The summed E-state index contributed by atoms with van der Waals surface area (Å²) in [5.41, 5.74) is 1.74. The topological polar surface area (TPSA) is 35.5 Å². The van der Waals surface area contributed by atoms with Crippen molar-refractivity contribution in [2.24, 2.45) is 5.92 Å². The van der Waals surface area contributed by atoms with E-state index in [9.17, 15) is 4.79 Å². The van der Waals surface area contributed by atoms with E-state index in [0.29, 0.717) is 17.9 Å². The normalized spacial score (nSPS) is 12.2. The summed E-state index contributed by atoms with van der Waals surface area (Å²) in [6.07, 6.45) is 0.729. The second kappa shape index (κ2) is 6.40. The molecule has 94 valence electrons. The minimum atomic E-state index is -0.0495. The fourth-order valence-corrected chi connectivity index (χ4v) is 1.69. The lowest BCUT2D eigenvalue weighted by atomic mass is 9.95. The van der Waals surface area contributed by atoms with Crippen LogP contribution in [0.5, 0.6) is 5.75 Å². The molecule has 0 bridgehead atoms. The van der Waals surface area contributed by atoms with Gasteiger partial charge in [-0.2, -0.15) is 0 Å². The predicted molar refractivity (Wildman–Crippen MR) is 67.7 cm³/mol. The van der Waals surface area contributed by atoms with Gasteiger partial charge in [-0.05, 0) is 31.0 Å². The molecule has 3 heteroatoms. The molecule has 0 radical (unpaired) electrons.